The molecule has 0 aliphatic carbocycles. The zero-order valence-electron chi connectivity index (χ0n) is 17.0. The molecule has 0 saturated heterocycles. The lowest BCUT2D eigenvalue weighted by molar-refractivity contribution is -0.118. The molecule has 1 heterocycles. The first-order valence-corrected chi connectivity index (χ1v) is 11.4. The van der Waals surface area contributed by atoms with Crippen LogP contribution in [0.15, 0.2) is 83.1 Å². The Balaban J connectivity index is 1.50. The van der Waals surface area contributed by atoms with Gasteiger partial charge in [-0.25, -0.2) is 9.82 Å². The molecule has 0 fully saturated rings. The topological polar surface area (TPSA) is 72.2 Å². The van der Waals surface area contributed by atoms with E-state index in [1.165, 1.54) is 30.1 Å². The van der Waals surface area contributed by atoms with Gasteiger partial charge in [0.1, 0.15) is 5.82 Å². The normalized spacial score (nSPS) is 11.1. The minimum absolute atomic E-state index is 0.0218. The van der Waals surface area contributed by atoms with Crippen LogP contribution in [0.25, 0.3) is 17.1 Å². The molecular formula is C23H16Cl2FN5OS. The number of para-hydroxylation sites is 1. The monoisotopic (exact) mass is 499 g/mol. The third kappa shape index (κ3) is 5.60. The number of carbonyl (C=O) groups is 1. The summed E-state index contributed by atoms with van der Waals surface area (Å²) in [6.45, 7) is 0. The van der Waals surface area contributed by atoms with Gasteiger partial charge in [0.2, 0.25) is 0 Å². The van der Waals surface area contributed by atoms with Gasteiger partial charge in [-0.1, -0.05) is 59.2 Å². The lowest BCUT2D eigenvalue weighted by atomic mass is 10.2. The van der Waals surface area contributed by atoms with Gasteiger partial charge >= 0.3 is 0 Å². The molecule has 6 nitrogen and oxygen atoms in total. The van der Waals surface area contributed by atoms with Crippen LogP contribution in [0.2, 0.25) is 10.0 Å². The van der Waals surface area contributed by atoms with Gasteiger partial charge in [0.05, 0.1) is 17.0 Å². The summed E-state index contributed by atoms with van der Waals surface area (Å²) in [6, 6.07) is 21.1. The minimum Gasteiger partial charge on any atom is -0.272 e. The molecule has 1 N–H and O–H groups in total. The van der Waals surface area contributed by atoms with Gasteiger partial charge in [-0.15, -0.1) is 10.2 Å². The Bertz CT molecular complexity index is 1280. The van der Waals surface area contributed by atoms with Crippen LogP contribution in [0.5, 0.6) is 0 Å². The van der Waals surface area contributed by atoms with Gasteiger partial charge < -0.3 is 0 Å². The average Bonchev–Trinajstić information content (AvgIpc) is 3.24. The molecular weight excluding hydrogens is 484 g/mol. The van der Waals surface area contributed by atoms with E-state index in [1.54, 1.807) is 18.2 Å². The van der Waals surface area contributed by atoms with E-state index in [0.717, 1.165) is 11.3 Å². The van der Waals surface area contributed by atoms with E-state index in [-0.39, 0.29) is 22.2 Å². The first kappa shape index (κ1) is 23.0. The second kappa shape index (κ2) is 10.6. The molecule has 10 heteroatoms. The van der Waals surface area contributed by atoms with Crippen molar-refractivity contribution in [3.8, 4) is 17.1 Å². The number of thioether (sulfide) groups is 1. The largest absolute Gasteiger partial charge is 0.272 e. The minimum atomic E-state index is -0.527. The molecule has 4 rings (SSSR count). The Kier molecular flexibility index (Phi) is 7.39. The van der Waals surface area contributed by atoms with Crippen LogP contribution in [0.4, 0.5) is 4.39 Å². The van der Waals surface area contributed by atoms with Crippen molar-refractivity contribution in [1.82, 2.24) is 20.2 Å². The third-order valence-corrected chi connectivity index (χ3v) is 5.98. The molecule has 0 aliphatic heterocycles. The standard InChI is InChI=1S/C23H16Cl2FN5OS/c24-16-11-9-15(10-12-16)22-29-30-23(31(22)17-5-2-1-3-6-17)33-14-21(32)28-27-13-18-19(25)7-4-8-20(18)26/h1-13H,14H2,(H,28,32)/b27-13-. The number of benzene rings is 3. The molecule has 0 atom stereocenters. The van der Waals surface area contributed by atoms with Crippen molar-refractivity contribution in [2.45, 2.75) is 5.16 Å². The number of halogens is 3. The van der Waals surface area contributed by atoms with Crippen LogP contribution < -0.4 is 5.43 Å². The van der Waals surface area contributed by atoms with Crippen molar-refractivity contribution < 1.29 is 9.18 Å². The zero-order chi connectivity index (χ0) is 23.2. The van der Waals surface area contributed by atoms with E-state index in [4.69, 9.17) is 23.2 Å². The van der Waals surface area contributed by atoms with E-state index >= 15 is 0 Å². The molecule has 0 spiro atoms. The second-order valence-electron chi connectivity index (χ2n) is 6.70. The van der Waals surface area contributed by atoms with Crippen LogP contribution in [-0.4, -0.2) is 32.6 Å². The number of hydrogen-bond acceptors (Lipinski definition) is 5. The number of rotatable bonds is 7. The van der Waals surface area contributed by atoms with Crippen molar-refractivity contribution >= 4 is 47.1 Å². The Labute approximate surface area is 203 Å². The summed E-state index contributed by atoms with van der Waals surface area (Å²) in [4.78, 5) is 12.3. The van der Waals surface area contributed by atoms with Gasteiger partial charge in [0, 0.05) is 21.8 Å². The SMILES string of the molecule is O=C(CSc1nnc(-c2ccc(Cl)cc2)n1-c1ccccc1)N/N=C\c1c(F)cccc1Cl. The Morgan fingerprint density at radius 2 is 1.79 bits per heavy atom. The van der Waals surface area contributed by atoms with Gasteiger partial charge in [-0.3, -0.25) is 9.36 Å². The number of nitrogens with zero attached hydrogens (tertiary/aromatic N) is 4. The summed E-state index contributed by atoms with van der Waals surface area (Å²) in [6.07, 6.45) is 1.17. The van der Waals surface area contributed by atoms with Crippen LogP contribution >= 0.6 is 35.0 Å². The first-order valence-electron chi connectivity index (χ1n) is 9.68. The maximum atomic E-state index is 13.8. The third-order valence-electron chi connectivity index (χ3n) is 4.47. The van der Waals surface area contributed by atoms with Crippen molar-refractivity contribution in [3.63, 3.8) is 0 Å². The zero-order valence-corrected chi connectivity index (χ0v) is 19.3. The van der Waals surface area contributed by atoms with Gasteiger partial charge in [0.15, 0.2) is 11.0 Å². The number of carbonyl (C=O) groups excluding carboxylic acids is 1. The lowest BCUT2D eigenvalue weighted by Gasteiger charge is -2.10. The molecule has 166 valence electrons. The molecule has 0 saturated carbocycles. The van der Waals surface area contributed by atoms with E-state index in [2.05, 4.69) is 20.7 Å². The molecule has 0 radical (unpaired) electrons. The lowest BCUT2D eigenvalue weighted by Crippen LogP contribution is -2.20. The summed E-state index contributed by atoms with van der Waals surface area (Å²) < 4.78 is 15.7. The highest BCUT2D eigenvalue weighted by molar-refractivity contribution is 7.99. The molecule has 33 heavy (non-hydrogen) atoms. The summed E-state index contributed by atoms with van der Waals surface area (Å²) in [5.41, 5.74) is 4.15. The summed E-state index contributed by atoms with van der Waals surface area (Å²) in [5, 5.41) is 13.7. The summed E-state index contributed by atoms with van der Waals surface area (Å²) in [7, 11) is 0. The van der Waals surface area contributed by atoms with E-state index in [9.17, 15) is 9.18 Å². The molecule has 1 amide bonds. The molecule has 1 aromatic heterocycles. The highest BCUT2D eigenvalue weighted by atomic mass is 35.5. The number of nitrogens with one attached hydrogen (secondary N) is 1. The van der Waals surface area contributed by atoms with Gasteiger partial charge in [0.25, 0.3) is 5.91 Å². The fourth-order valence-electron chi connectivity index (χ4n) is 2.92. The maximum Gasteiger partial charge on any atom is 0.250 e. The molecule has 3 aromatic carbocycles. The number of hydrazone groups is 1. The van der Waals surface area contributed by atoms with E-state index < -0.39 is 5.82 Å². The summed E-state index contributed by atoms with van der Waals surface area (Å²) in [5.74, 6) is -0.276. The van der Waals surface area contributed by atoms with Gasteiger partial charge in [-0.2, -0.15) is 5.10 Å². The van der Waals surface area contributed by atoms with Crippen LogP contribution in [-0.2, 0) is 4.79 Å². The van der Waals surface area contributed by atoms with E-state index in [0.29, 0.717) is 16.0 Å². The molecule has 4 aromatic rings. The van der Waals surface area contributed by atoms with Crippen LogP contribution in [0, 0.1) is 5.82 Å². The molecule has 0 unspecified atom stereocenters. The maximum absolute atomic E-state index is 13.8. The number of amides is 1. The van der Waals surface area contributed by atoms with Crippen LogP contribution in [0.1, 0.15) is 5.56 Å². The quantitative estimate of drug-likeness (QED) is 0.203. The van der Waals surface area contributed by atoms with E-state index in [1.807, 2.05) is 47.0 Å². The van der Waals surface area contributed by atoms with Crippen LogP contribution in [0.3, 0.4) is 0 Å². The Morgan fingerprint density at radius 3 is 2.52 bits per heavy atom. The predicted molar refractivity (Wildman–Crippen MR) is 130 cm³/mol. The first-order chi connectivity index (χ1) is 16.0. The fourth-order valence-corrected chi connectivity index (χ4v) is 4.01. The Morgan fingerprint density at radius 1 is 1.03 bits per heavy atom. The highest BCUT2D eigenvalue weighted by Crippen LogP contribution is 2.28. The molecule has 0 aliphatic rings. The van der Waals surface area contributed by atoms with Crippen molar-refractivity contribution in [2.75, 3.05) is 5.75 Å². The van der Waals surface area contributed by atoms with Crippen molar-refractivity contribution in [3.05, 3.63) is 94.2 Å². The fraction of sp³-hybridized carbons (Fsp3) is 0.0435. The number of aromatic nitrogens is 3. The highest BCUT2D eigenvalue weighted by Gasteiger charge is 2.17. The second-order valence-corrected chi connectivity index (χ2v) is 8.49. The summed E-state index contributed by atoms with van der Waals surface area (Å²) >= 11 is 13.2. The Hall–Kier alpha value is -3.20. The smallest absolute Gasteiger partial charge is 0.250 e. The van der Waals surface area contributed by atoms with Crippen molar-refractivity contribution in [1.29, 1.82) is 0 Å². The van der Waals surface area contributed by atoms with Crippen molar-refractivity contribution in [2.24, 2.45) is 5.10 Å². The number of hydrogen-bond donors (Lipinski definition) is 1. The average molecular weight is 500 g/mol. The van der Waals surface area contributed by atoms with Gasteiger partial charge in [-0.05, 0) is 48.5 Å². The predicted octanol–water partition coefficient (Wildman–Crippen LogP) is 5.62. The molecule has 0 bridgehead atoms.